The van der Waals surface area contributed by atoms with Crippen molar-refractivity contribution in [3.8, 4) is 24.0 Å². The average molecular weight is 396 g/mol. The van der Waals surface area contributed by atoms with Crippen molar-refractivity contribution in [1.29, 1.82) is 0 Å². The molecule has 0 unspecified atom stereocenters. The topological polar surface area (TPSA) is 40.6 Å². The first-order valence-corrected chi connectivity index (χ1v) is 10.2. The minimum Gasteiger partial charge on any atom is -0.486 e. The van der Waals surface area contributed by atoms with Crippen LogP contribution in [0, 0.1) is 19.5 Å². The van der Waals surface area contributed by atoms with Gasteiger partial charge in [0, 0.05) is 11.1 Å². The molecule has 1 aromatic carbocycles. The van der Waals surface area contributed by atoms with Crippen LogP contribution in [0.15, 0.2) is 48.1 Å². The van der Waals surface area contributed by atoms with Crippen molar-refractivity contribution in [3.05, 3.63) is 53.8 Å². The molecule has 29 heavy (non-hydrogen) atoms. The van der Waals surface area contributed by atoms with E-state index in [0.29, 0.717) is 19.8 Å². The van der Waals surface area contributed by atoms with E-state index in [4.69, 9.17) is 20.6 Å². The summed E-state index contributed by atoms with van der Waals surface area (Å²) in [6, 6.07) is 7.91. The Hall–Kier alpha value is -2.93. The number of hydrogen-bond donors (Lipinski definition) is 0. The van der Waals surface area contributed by atoms with E-state index in [2.05, 4.69) is 30.2 Å². The molecule has 0 atom stereocenters. The number of ether oxygens (including phenoxy) is 3. The van der Waals surface area contributed by atoms with Crippen molar-refractivity contribution in [3.63, 3.8) is 0 Å². The van der Waals surface area contributed by atoms with Crippen molar-refractivity contribution >= 4 is 10.9 Å². The predicted octanol–water partition coefficient (Wildman–Crippen LogP) is 6.24. The van der Waals surface area contributed by atoms with Gasteiger partial charge in [-0.3, -0.25) is 4.98 Å². The molecule has 0 spiro atoms. The third kappa shape index (κ3) is 7.91. The Morgan fingerprint density at radius 1 is 1.17 bits per heavy atom. The van der Waals surface area contributed by atoms with E-state index in [9.17, 15) is 0 Å². The predicted molar refractivity (Wildman–Crippen MR) is 121 cm³/mol. The molecule has 0 N–H and O–H groups in total. The van der Waals surface area contributed by atoms with Crippen molar-refractivity contribution in [2.45, 2.75) is 47.5 Å². The highest BCUT2D eigenvalue weighted by Gasteiger charge is 2.14. The van der Waals surface area contributed by atoms with Gasteiger partial charge in [-0.05, 0) is 56.5 Å². The number of fused-ring (bicyclic) bond motifs is 3. The molecule has 4 heteroatoms. The van der Waals surface area contributed by atoms with Crippen LogP contribution in [-0.2, 0) is 4.74 Å². The first-order valence-electron chi connectivity index (χ1n) is 10.2. The van der Waals surface area contributed by atoms with Gasteiger partial charge in [0.1, 0.15) is 25.9 Å². The fourth-order valence-corrected chi connectivity index (χ4v) is 2.61. The SMILES string of the molecule is C#COC/C(=C/C)C/C=C\CC.CC.Cc1ccc2c3c(ccc2n1)OCCO3. The second kappa shape index (κ2) is 14.1. The van der Waals surface area contributed by atoms with E-state index in [1.807, 2.05) is 58.0 Å². The molecule has 0 saturated heterocycles. The Balaban J connectivity index is 0.000000275. The summed E-state index contributed by atoms with van der Waals surface area (Å²) in [5.41, 5.74) is 3.19. The van der Waals surface area contributed by atoms with E-state index >= 15 is 0 Å². The number of nitrogens with zero attached hydrogens (tertiary/aromatic N) is 1. The maximum Gasteiger partial charge on any atom is 0.170 e. The molecule has 1 aliphatic rings. The molecule has 0 saturated carbocycles. The lowest BCUT2D eigenvalue weighted by atomic mass is 10.1. The minimum absolute atomic E-state index is 0.543. The van der Waals surface area contributed by atoms with Gasteiger partial charge in [-0.1, -0.05) is 45.4 Å². The van der Waals surface area contributed by atoms with Crippen LogP contribution in [0.1, 0.15) is 46.2 Å². The molecule has 0 fully saturated rings. The maximum atomic E-state index is 5.61. The first kappa shape index (κ1) is 24.1. The highest BCUT2D eigenvalue weighted by molar-refractivity contribution is 5.88. The Bertz CT molecular complexity index is 847. The lowest BCUT2D eigenvalue weighted by Crippen LogP contribution is -2.15. The third-order valence-electron chi connectivity index (χ3n) is 4.04. The van der Waals surface area contributed by atoms with Crippen molar-refractivity contribution < 1.29 is 14.2 Å². The number of terminal acetylenes is 1. The first-order chi connectivity index (χ1) is 14.2. The van der Waals surface area contributed by atoms with Crippen molar-refractivity contribution in [2.75, 3.05) is 19.8 Å². The van der Waals surface area contributed by atoms with E-state index < -0.39 is 0 Å². The van der Waals surface area contributed by atoms with Gasteiger partial charge in [0.2, 0.25) is 0 Å². The Morgan fingerprint density at radius 2 is 1.93 bits per heavy atom. The summed E-state index contributed by atoms with van der Waals surface area (Å²) >= 11 is 0. The van der Waals surface area contributed by atoms with E-state index in [1.165, 1.54) is 5.57 Å². The summed E-state index contributed by atoms with van der Waals surface area (Å²) < 4.78 is 16.0. The molecule has 156 valence electrons. The molecule has 2 heterocycles. The number of aryl methyl sites for hydroxylation is 1. The number of rotatable bonds is 5. The molecule has 2 aromatic rings. The quantitative estimate of drug-likeness (QED) is 0.444. The molecule has 1 aromatic heterocycles. The van der Waals surface area contributed by atoms with Crippen molar-refractivity contribution in [1.82, 2.24) is 4.98 Å². The number of hydrogen-bond acceptors (Lipinski definition) is 4. The Morgan fingerprint density at radius 3 is 2.62 bits per heavy atom. The van der Waals surface area contributed by atoms with Gasteiger partial charge in [-0.2, -0.15) is 0 Å². The maximum absolute atomic E-state index is 5.61. The molecule has 1 aliphatic heterocycles. The van der Waals surface area contributed by atoms with Crippen LogP contribution < -0.4 is 9.47 Å². The number of benzene rings is 1. The summed E-state index contributed by atoms with van der Waals surface area (Å²) in [5, 5.41) is 1.03. The zero-order chi connectivity index (χ0) is 21.5. The smallest absolute Gasteiger partial charge is 0.170 e. The van der Waals surface area contributed by atoms with Gasteiger partial charge < -0.3 is 14.2 Å². The molecular formula is C25H33NO3. The van der Waals surface area contributed by atoms with Gasteiger partial charge in [0.25, 0.3) is 0 Å². The summed E-state index contributed by atoms with van der Waals surface area (Å²) in [6.07, 6.45) is 15.5. The van der Waals surface area contributed by atoms with Crippen LogP contribution in [0.25, 0.3) is 10.9 Å². The van der Waals surface area contributed by atoms with E-state index in [0.717, 1.165) is 40.9 Å². The second-order valence-corrected chi connectivity index (χ2v) is 6.05. The van der Waals surface area contributed by atoms with E-state index in [1.54, 1.807) is 0 Å². The highest BCUT2D eigenvalue weighted by atomic mass is 16.6. The Kier molecular flexibility index (Phi) is 11.7. The summed E-state index contributed by atoms with van der Waals surface area (Å²) in [7, 11) is 0. The number of pyridine rings is 1. The second-order valence-electron chi connectivity index (χ2n) is 6.05. The largest absolute Gasteiger partial charge is 0.486 e. The molecule has 3 rings (SSSR count). The van der Waals surface area contributed by atoms with Crippen molar-refractivity contribution in [2.24, 2.45) is 0 Å². The monoisotopic (exact) mass is 395 g/mol. The summed E-state index contributed by atoms with van der Waals surface area (Å²) in [5.74, 6) is 1.64. The van der Waals surface area contributed by atoms with Crippen LogP contribution in [0.3, 0.4) is 0 Å². The molecule has 0 aliphatic carbocycles. The lowest BCUT2D eigenvalue weighted by Gasteiger charge is -2.19. The van der Waals surface area contributed by atoms with E-state index in [-0.39, 0.29) is 0 Å². The lowest BCUT2D eigenvalue weighted by molar-refractivity contribution is 0.174. The van der Waals surface area contributed by atoms with Crippen LogP contribution >= 0.6 is 0 Å². The zero-order valence-corrected chi connectivity index (χ0v) is 18.3. The van der Waals surface area contributed by atoms with Crippen LogP contribution in [0.4, 0.5) is 0 Å². The Labute approximate surface area is 175 Å². The fraction of sp³-hybridized carbons (Fsp3) is 0.400. The summed E-state index contributed by atoms with van der Waals surface area (Å²) in [6.45, 7) is 11.9. The van der Waals surface area contributed by atoms with Crippen LogP contribution in [0.5, 0.6) is 11.5 Å². The standard InChI is InChI=1S/C12H11NO2.C11H16O.C2H6/c1-8-2-3-9-10(13-8)4-5-11-12(9)15-7-6-14-11;1-4-7-8-9-11(5-2)10-12-6-3;1-2/h2-5H,6-7H2,1H3;3,5,7-8H,4,9-10H2,1-2H3;1-2H3/b;8-7-,11-5+;. The van der Waals surface area contributed by atoms with Crippen LogP contribution in [-0.4, -0.2) is 24.8 Å². The highest BCUT2D eigenvalue weighted by Crippen LogP contribution is 2.36. The minimum atomic E-state index is 0.543. The zero-order valence-electron chi connectivity index (χ0n) is 18.3. The molecule has 0 radical (unpaired) electrons. The molecule has 0 amide bonds. The van der Waals surface area contributed by atoms with Gasteiger partial charge in [0.15, 0.2) is 11.5 Å². The third-order valence-corrected chi connectivity index (χ3v) is 4.04. The van der Waals surface area contributed by atoms with Gasteiger partial charge in [-0.15, -0.1) is 0 Å². The van der Waals surface area contributed by atoms with Gasteiger partial charge in [0.05, 0.1) is 5.52 Å². The van der Waals surface area contributed by atoms with Gasteiger partial charge in [-0.25, -0.2) is 0 Å². The normalized spacial score (nSPS) is 12.3. The fourth-order valence-electron chi connectivity index (χ4n) is 2.61. The molecular weight excluding hydrogens is 362 g/mol. The number of aromatic nitrogens is 1. The van der Waals surface area contributed by atoms with Crippen LogP contribution in [0.2, 0.25) is 0 Å². The molecule has 4 nitrogen and oxygen atoms in total. The molecule has 0 bridgehead atoms. The average Bonchev–Trinajstić information content (AvgIpc) is 2.77. The number of allylic oxidation sites excluding steroid dienone is 3. The van der Waals surface area contributed by atoms with Gasteiger partial charge >= 0.3 is 0 Å². The summed E-state index contributed by atoms with van der Waals surface area (Å²) in [4.78, 5) is 4.45.